The molecular formula is C14H20N2O. The van der Waals surface area contributed by atoms with Crippen LogP contribution < -0.4 is 11.1 Å². The minimum Gasteiger partial charge on any atom is -0.368 e. The minimum atomic E-state index is -0.574. The lowest BCUT2D eigenvalue weighted by Crippen LogP contribution is -2.54. The largest absolute Gasteiger partial charge is 0.368 e. The fourth-order valence-electron chi connectivity index (χ4n) is 2.41. The zero-order valence-electron chi connectivity index (χ0n) is 10.4. The summed E-state index contributed by atoms with van der Waals surface area (Å²) in [6.07, 6.45) is 1.08. The van der Waals surface area contributed by atoms with Crippen LogP contribution in [0, 0.1) is 11.8 Å². The van der Waals surface area contributed by atoms with Gasteiger partial charge in [-0.2, -0.15) is 0 Å². The summed E-state index contributed by atoms with van der Waals surface area (Å²) in [5.74, 6) is 0.724. The number of hydrogen-bond donors (Lipinski definition) is 2. The number of nitrogens with two attached hydrogens (primary N) is 1. The van der Waals surface area contributed by atoms with Crippen molar-refractivity contribution < 1.29 is 4.79 Å². The van der Waals surface area contributed by atoms with Crippen molar-refractivity contribution in [2.75, 3.05) is 0 Å². The van der Waals surface area contributed by atoms with Gasteiger partial charge in [-0.25, -0.2) is 0 Å². The van der Waals surface area contributed by atoms with Crippen LogP contribution in [0.2, 0.25) is 0 Å². The van der Waals surface area contributed by atoms with Crippen LogP contribution in [0.1, 0.15) is 25.8 Å². The highest BCUT2D eigenvalue weighted by Crippen LogP contribution is 2.45. The Morgan fingerprint density at radius 3 is 2.53 bits per heavy atom. The number of benzene rings is 1. The third kappa shape index (κ3) is 2.50. The average molecular weight is 232 g/mol. The molecule has 0 saturated heterocycles. The predicted octanol–water partition coefficient (Wildman–Crippen LogP) is 1.68. The van der Waals surface area contributed by atoms with E-state index in [1.165, 1.54) is 5.56 Å². The number of carbonyl (C=O) groups excluding carboxylic acids is 1. The van der Waals surface area contributed by atoms with Crippen molar-refractivity contribution in [1.29, 1.82) is 0 Å². The van der Waals surface area contributed by atoms with Crippen LogP contribution in [-0.4, -0.2) is 11.4 Å². The molecule has 3 atom stereocenters. The van der Waals surface area contributed by atoms with Crippen molar-refractivity contribution in [1.82, 2.24) is 5.32 Å². The molecule has 0 spiro atoms. The van der Waals surface area contributed by atoms with E-state index < -0.39 is 5.54 Å². The molecule has 1 aromatic carbocycles. The van der Waals surface area contributed by atoms with E-state index in [2.05, 4.69) is 12.2 Å². The highest BCUT2D eigenvalue weighted by molar-refractivity contribution is 5.85. The number of primary amides is 1. The number of carbonyl (C=O) groups is 1. The fraction of sp³-hybridized carbons (Fsp3) is 0.500. The van der Waals surface area contributed by atoms with Gasteiger partial charge in [-0.15, -0.1) is 0 Å². The van der Waals surface area contributed by atoms with Crippen molar-refractivity contribution in [2.24, 2.45) is 17.6 Å². The maximum atomic E-state index is 11.6. The first-order chi connectivity index (χ1) is 8.04. The molecule has 1 aliphatic carbocycles. The molecule has 17 heavy (non-hydrogen) atoms. The maximum absolute atomic E-state index is 11.6. The molecule has 3 N–H and O–H groups in total. The summed E-state index contributed by atoms with van der Waals surface area (Å²) in [6, 6.07) is 10.1. The molecule has 3 unspecified atom stereocenters. The van der Waals surface area contributed by atoms with Gasteiger partial charge in [0.25, 0.3) is 0 Å². The first-order valence-corrected chi connectivity index (χ1v) is 6.13. The topological polar surface area (TPSA) is 55.1 Å². The molecule has 1 amide bonds. The fourth-order valence-corrected chi connectivity index (χ4v) is 2.41. The molecule has 1 saturated carbocycles. The van der Waals surface area contributed by atoms with Crippen LogP contribution >= 0.6 is 0 Å². The first kappa shape index (κ1) is 12.1. The van der Waals surface area contributed by atoms with Crippen LogP contribution in [0.15, 0.2) is 30.3 Å². The van der Waals surface area contributed by atoms with Crippen LogP contribution in [0.25, 0.3) is 0 Å². The maximum Gasteiger partial charge on any atom is 0.237 e. The Morgan fingerprint density at radius 2 is 2.06 bits per heavy atom. The highest BCUT2D eigenvalue weighted by atomic mass is 16.1. The molecule has 0 heterocycles. The van der Waals surface area contributed by atoms with Crippen molar-refractivity contribution in [2.45, 2.75) is 32.4 Å². The van der Waals surface area contributed by atoms with E-state index in [0.29, 0.717) is 18.4 Å². The summed E-state index contributed by atoms with van der Waals surface area (Å²) in [4.78, 5) is 11.6. The summed E-state index contributed by atoms with van der Waals surface area (Å²) in [7, 11) is 0. The van der Waals surface area contributed by atoms with Crippen LogP contribution in [-0.2, 0) is 11.3 Å². The summed E-state index contributed by atoms with van der Waals surface area (Å²) >= 11 is 0. The van der Waals surface area contributed by atoms with Gasteiger partial charge in [0, 0.05) is 6.54 Å². The van der Waals surface area contributed by atoms with Gasteiger partial charge in [0.15, 0.2) is 0 Å². The zero-order valence-corrected chi connectivity index (χ0v) is 10.4. The molecule has 0 bridgehead atoms. The first-order valence-electron chi connectivity index (χ1n) is 6.13. The van der Waals surface area contributed by atoms with Gasteiger partial charge >= 0.3 is 0 Å². The molecule has 92 valence electrons. The van der Waals surface area contributed by atoms with Crippen molar-refractivity contribution in [3.63, 3.8) is 0 Å². The Labute approximate surface area is 102 Å². The number of hydrogen-bond acceptors (Lipinski definition) is 2. The second-order valence-electron chi connectivity index (χ2n) is 5.23. The monoisotopic (exact) mass is 232 g/mol. The molecule has 1 aromatic rings. The lowest BCUT2D eigenvalue weighted by atomic mass is 9.93. The Hall–Kier alpha value is -1.35. The van der Waals surface area contributed by atoms with E-state index >= 15 is 0 Å². The molecular weight excluding hydrogens is 212 g/mol. The third-order valence-corrected chi connectivity index (χ3v) is 3.87. The Morgan fingerprint density at radius 1 is 1.47 bits per heavy atom. The molecule has 3 heteroatoms. The molecule has 1 aliphatic rings. The molecule has 0 radical (unpaired) electrons. The standard InChI is InChI=1S/C14H20N2O/c1-10-8-12(10)14(2,13(15)17)16-9-11-6-4-3-5-7-11/h3-7,10,12,16H,8-9H2,1-2H3,(H2,15,17). The third-order valence-electron chi connectivity index (χ3n) is 3.87. The minimum absolute atomic E-state index is 0.247. The van der Waals surface area contributed by atoms with Gasteiger partial charge < -0.3 is 5.73 Å². The molecule has 1 fully saturated rings. The highest BCUT2D eigenvalue weighted by Gasteiger charge is 2.50. The van der Waals surface area contributed by atoms with E-state index in [0.717, 1.165) is 6.42 Å². The van der Waals surface area contributed by atoms with Gasteiger partial charge in [-0.3, -0.25) is 10.1 Å². The number of amides is 1. The zero-order chi connectivity index (χ0) is 12.5. The Kier molecular flexibility index (Phi) is 3.20. The van der Waals surface area contributed by atoms with Crippen LogP contribution in [0.4, 0.5) is 0 Å². The lowest BCUT2D eigenvalue weighted by molar-refractivity contribution is -0.124. The van der Waals surface area contributed by atoms with Gasteiger partial charge in [0.1, 0.15) is 0 Å². The number of rotatable bonds is 5. The predicted molar refractivity (Wildman–Crippen MR) is 68.2 cm³/mol. The SMILES string of the molecule is CC1CC1C(C)(NCc1ccccc1)C(N)=O. The molecule has 2 rings (SSSR count). The second kappa shape index (κ2) is 4.49. The summed E-state index contributed by atoms with van der Waals surface area (Å²) in [5.41, 5.74) is 6.14. The summed E-state index contributed by atoms with van der Waals surface area (Å²) < 4.78 is 0. The van der Waals surface area contributed by atoms with E-state index in [-0.39, 0.29) is 5.91 Å². The summed E-state index contributed by atoms with van der Waals surface area (Å²) in [6.45, 7) is 4.77. The van der Waals surface area contributed by atoms with Crippen LogP contribution in [0.5, 0.6) is 0 Å². The van der Waals surface area contributed by atoms with E-state index in [1.807, 2.05) is 37.3 Å². The molecule has 0 aromatic heterocycles. The second-order valence-corrected chi connectivity index (χ2v) is 5.23. The van der Waals surface area contributed by atoms with Gasteiger partial charge in [0.05, 0.1) is 5.54 Å². The smallest absolute Gasteiger partial charge is 0.237 e. The Bertz CT molecular complexity index is 404. The van der Waals surface area contributed by atoms with Crippen molar-refractivity contribution in [3.8, 4) is 0 Å². The molecule has 3 nitrogen and oxygen atoms in total. The van der Waals surface area contributed by atoms with E-state index in [9.17, 15) is 4.79 Å². The number of nitrogens with one attached hydrogen (secondary N) is 1. The quantitative estimate of drug-likeness (QED) is 0.811. The van der Waals surface area contributed by atoms with Gasteiger partial charge in [-0.05, 0) is 30.7 Å². The molecule has 0 aliphatic heterocycles. The average Bonchev–Trinajstić information content (AvgIpc) is 3.05. The summed E-state index contributed by atoms with van der Waals surface area (Å²) in [5, 5.41) is 3.33. The lowest BCUT2D eigenvalue weighted by Gasteiger charge is -2.28. The van der Waals surface area contributed by atoms with Gasteiger partial charge in [-0.1, -0.05) is 37.3 Å². The van der Waals surface area contributed by atoms with E-state index in [1.54, 1.807) is 0 Å². The van der Waals surface area contributed by atoms with Crippen LogP contribution in [0.3, 0.4) is 0 Å². The Balaban J connectivity index is 2.02. The van der Waals surface area contributed by atoms with Gasteiger partial charge in [0.2, 0.25) is 5.91 Å². The van der Waals surface area contributed by atoms with E-state index in [4.69, 9.17) is 5.73 Å². The van der Waals surface area contributed by atoms with Crippen molar-refractivity contribution >= 4 is 5.91 Å². The van der Waals surface area contributed by atoms with Crippen molar-refractivity contribution in [3.05, 3.63) is 35.9 Å². The normalized spacial score (nSPS) is 26.2.